The molecule has 4 atom stereocenters. The van der Waals surface area contributed by atoms with Gasteiger partial charge in [-0.1, -0.05) is 48.5 Å². The average Bonchev–Trinajstić information content (AvgIpc) is 3.06. The molecule has 1 saturated carbocycles. The van der Waals surface area contributed by atoms with E-state index in [0.29, 0.717) is 0 Å². The van der Waals surface area contributed by atoms with Gasteiger partial charge in [0.2, 0.25) is 0 Å². The van der Waals surface area contributed by atoms with E-state index >= 15 is 0 Å². The van der Waals surface area contributed by atoms with Gasteiger partial charge in [0.25, 0.3) is 0 Å². The van der Waals surface area contributed by atoms with E-state index in [0.717, 1.165) is 22.3 Å². The molecule has 0 saturated heterocycles. The Bertz CT molecular complexity index is 899. The average molecular weight is 411 g/mol. The van der Waals surface area contributed by atoms with E-state index < -0.39 is 36.1 Å². The van der Waals surface area contributed by atoms with Crippen LogP contribution in [0.2, 0.25) is 0 Å². The van der Waals surface area contributed by atoms with Crippen LogP contribution in [0.5, 0.6) is 0 Å². The fraction of sp³-hybridized carbons (Fsp3) is 0.391. The van der Waals surface area contributed by atoms with Gasteiger partial charge in [-0.3, -0.25) is 4.79 Å². The van der Waals surface area contributed by atoms with Crippen LogP contribution >= 0.6 is 0 Å². The smallest absolute Gasteiger partial charge is 0.407 e. The predicted octanol–water partition coefficient (Wildman–Crippen LogP) is 2.36. The number of carbonyl (C=O) groups is 2. The number of carboxylic acids is 1. The van der Waals surface area contributed by atoms with E-state index in [1.165, 1.54) is 0 Å². The summed E-state index contributed by atoms with van der Waals surface area (Å²) in [4.78, 5) is 23.8. The van der Waals surface area contributed by atoms with Gasteiger partial charge in [-0.2, -0.15) is 0 Å². The van der Waals surface area contributed by atoms with E-state index in [1.54, 1.807) is 0 Å². The minimum Gasteiger partial charge on any atom is -0.481 e. The number of nitrogens with one attached hydrogen (secondary N) is 1. The zero-order valence-corrected chi connectivity index (χ0v) is 16.4. The molecule has 30 heavy (non-hydrogen) atoms. The standard InChI is InChI=1S/C23H25NO6/c25-20-9-13(18(22(27)28)10-21(20)26)11-24-23(29)30-12-19-16-7-3-1-5-14(16)15-6-2-4-8-17(15)19/h1-8,13,18-21,25-26H,9-12H2,(H,24,29)(H,27,28)/t13-,18-,20+,21-/m0/s1. The summed E-state index contributed by atoms with van der Waals surface area (Å²) in [5.74, 6) is -2.39. The molecule has 2 aromatic carbocycles. The first-order chi connectivity index (χ1) is 14.5. The number of aliphatic hydroxyl groups excluding tert-OH is 2. The monoisotopic (exact) mass is 411 g/mol. The van der Waals surface area contributed by atoms with E-state index in [1.807, 2.05) is 36.4 Å². The molecule has 0 radical (unpaired) electrons. The van der Waals surface area contributed by atoms with Crippen molar-refractivity contribution in [2.45, 2.75) is 31.0 Å². The highest BCUT2D eigenvalue weighted by molar-refractivity contribution is 5.79. The molecule has 2 aliphatic rings. The van der Waals surface area contributed by atoms with E-state index in [4.69, 9.17) is 4.74 Å². The number of aliphatic carboxylic acids is 1. The number of alkyl carbamates (subject to hydrolysis) is 1. The quantitative estimate of drug-likeness (QED) is 0.600. The Morgan fingerprint density at radius 2 is 1.50 bits per heavy atom. The van der Waals surface area contributed by atoms with Gasteiger partial charge in [-0.05, 0) is 41.0 Å². The first-order valence-electron chi connectivity index (χ1n) is 10.1. The zero-order valence-electron chi connectivity index (χ0n) is 16.4. The summed E-state index contributed by atoms with van der Waals surface area (Å²) in [5, 5.41) is 31.6. The minimum atomic E-state index is -1.06. The largest absolute Gasteiger partial charge is 0.481 e. The molecule has 2 aliphatic carbocycles. The highest BCUT2D eigenvalue weighted by Gasteiger charge is 2.39. The molecule has 0 heterocycles. The van der Waals surface area contributed by atoms with Gasteiger partial charge in [0, 0.05) is 12.5 Å². The van der Waals surface area contributed by atoms with Crippen LogP contribution in [-0.2, 0) is 9.53 Å². The lowest BCUT2D eigenvalue weighted by Gasteiger charge is -2.34. The Morgan fingerprint density at radius 3 is 2.10 bits per heavy atom. The van der Waals surface area contributed by atoms with Crippen LogP contribution in [0.25, 0.3) is 11.1 Å². The molecule has 1 fully saturated rings. The van der Waals surface area contributed by atoms with Crippen LogP contribution in [0.15, 0.2) is 48.5 Å². The fourth-order valence-corrected chi connectivity index (χ4v) is 4.63. The molecule has 0 spiro atoms. The normalized spacial score (nSPS) is 25.3. The van der Waals surface area contributed by atoms with Gasteiger partial charge in [-0.15, -0.1) is 0 Å². The SMILES string of the molecule is O=C(NC[C@@H]1C[C@@H](O)[C@@H](O)C[C@@H]1C(=O)O)OCC1c2ccccc2-c2ccccc21. The van der Waals surface area contributed by atoms with Gasteiger partial charge in [0.05, 0.1) is 18.1 Å². The number of rotatable bonds is 5. The number of amides is 1. The molecular formula is C23H25NO6. The third-order valence-corrected chi connectivity index (χ3v) is 6.22. The number of carbonyl (C=O) groups excluding carboxylic acids is 1. The van der Waals surface area contributed by atoms with Gasteiger partial charge < -0.3 is 25.4 Å². The Balaban J connectivity index is 1.37. The Morgan fingerprint density at radius 1 is 0.933 bits per heavy atom. The van der Waals surface area contributed by atoms with Crippen molar-refractivity contribution in [3.63, 3.8) is 0 Å². The number of hydrogen-bond acceptors (Lipinski definition) is 5. The topological polar surface area (TPSA) is 116 Å². The molecule has 0 aromatic heterocycles. The van der Waals surface area contributed by atoms with Gasteiger partial charge in [0.1, 0.15) is 6.61 Å². The molecular weight excluding hydrogens is 386 g/mol. The van der Waals surface area contributed by atoms with Crippen molar-refractivity contribution < 1.29 is 29.6 Å². The van der Waals surface area contributed by atoms with Crippen LogP contribution < -0.4 is 5.32 Å². The number of carboxylic acid groups (broad SMARTS) is 1. The highest BCUT2D eigenvalue weighted by Crippen LogP contribution is 2.44. The maximum atomic E-state index is 12.3. The minimum absolute atomic E-state index is 0.0342. The molecule has 158 valence electrons. The number of hydrogen-bond donors (Lipinski definition) is 4. The lowest BCUT2D eigenvalue weighted by atomic mass is 9.76. The molecule has 0 unspecified atom stereocenters. The van der Waals surface area contributed by atoms with Crippen molar-refractivity contribution in [3.05, 3.63) is 59.7 Å². The maximum absolute atomic E-state index is 12.3. The number of aliphatic hydroxyl groups is 2. The summed E-state index contributed by atoms with van der Waals surface area (Å²) >= 11 is 0. The van der Waals surface area contributed by atoms with Crippen molar-refractivity contribution in [3.8, 4) is 11.1 Å². The molecule has 7 heteroatoms. The highest BCUT2D eigenvalue weighted by atomic mass is 16.5. The molecule has 4 rings (SSSR count). The molecule has 0 bridgehead atoms. The van der Waals surface area contributed by atoms with Crippen LogP contribution in [0, 0.1) is 11.8 Å². The summed E-state index contributed by atoms with van der Waals surface area (Å²) in [5.41, 5.74) is 4.51. The van der Waals surface area contributed by atoms with E-state index in [-0.39, 0.29) is 31.9 Å². The maximum Gasteiger partial charge on any atom is 0.407 e. The second-order valence-corrected chi connectivity index (χ2v) is 8.02. The van der Waals surface area contributed by atoms with Crippen molar-refractivity contribution in [2.75, 3.05) is 13.2 Å². The zero-order chi connectivity index (χ0) is 21.3. The van der Waals surface area contributed by atoms with Crippen LogP contribution in [0.4, 0.5) is 4.79 Å². The van der Waals surface area contributed by atoms with E-state index in [9.17, 15) is 24.9 Å². The van der Waals surface area contributed by atoms with Crippen molar-refractivity contribution in [1.82, 2.24) is 5.32 Å². The predicted molar refractivity (Wildman–Crippen MR) is 109 cm³/mol. The summed E-state index contributed by atoms with van der Waals surface area (Å²) < 4.78 is 5.47. The van der Waals surface area contributed by atoms with Crippen molar-refractivity contribution in [1.29, 1.82) is 0 Å². The van der Waals surface area contributed by atoms with Crippen LogP contribution in [0.1, 0.15) is 29.9 Å². The van der Waals surface area contributed by atoms with Crippen molar-refractivity contribution in [2.24, 2.45) is 11.8 Å². The summed E-state index contributed by atoms with van der Waals surface area (Å²) in [6, 6.07) is 16.1. The third kappa shape index (κ3) is 3.91. The van der Waals surface area contributed by atoms with Crippen LogP contribution in [0.3, 0.4) is 0 Å². The molecule has 1 amide bonds. The Labute approximate surface area is 174 Å². The fourth-order valence-electron chi connectivity index (χ4n) is 4.63. The molecule has 4 N–H and O–H groups in total. The second kappa shape index (κ2) is 8.45. The molecule has 7 nitrogen and oxygen atoms in total. The first kappa shape index (κ1) is 20.4. The van der Waals surface area contributed by atoms with Crippen LogP contribution in [-0.4, -0.2) is 52.7 Å². The lowest BCUT2D eigenvalue weighted by molar-refractivity contribution is -0.150. The summed E-state index contributed by atoms with van der Waals surface area (Å²) in [6.07, 6.45) is -2.59. The van der Waals surface area contributed by atoms with Gasteiger partial charge >= 0.3 is 12.1 Å². The number of benzene rings is 2. The first-order valence-corrected chi connectivity index (χ1v) is 10.1. The van der Waals surface area contributed by atoms with Gasteiger partial charge in [-0.25, -0.2) is 4.79 Å². The second-order valence-electron chi connectivity index (χ2n) is 8.02. The Hall–Kier alpha value is -2.90. The van der Waals surface area contributed by atoms with E-state index in [2.05, 4.69) is 17.4 Å². The molecule has 2 aromatic rings. The summed E-state index contributed by atoms with van der Waals surface area (Å²) in [7, 11) is 0. The Kier molecular flexibility index (Phi) is 5.74. The van der Waals surface area contributed by atoms with Gasteiger partial charge in [0.15, 0.2) is 0 Å². The number of ether oxygens (including phenoxy) is 1. The van der Waals surface area contributed by atoms with Crippen molar-refractivity contribution >= 4 is 12.1 Å². The summed E-state index contributed by atoms with van der Waals surface area (Å²) in [6.45, 7) is 0.242. The molecule has 0 aliphatic heterocycles. The third-order valence-electron chi connectivity index (χ3n) is 6.22. The number of fused-ring (bicyclic) bond motifs is 3. The lowest BCUT2D eigenvalue weighted by Crippen LogP contribution is -2.46.